The standard InChI is InChI=1S/C8H7FINO2/c9-4-1-2-5(6(10)3-4)7(11)8(12)13/h1-3,7H,11H2,(H,12,13). The maximum atomic E-state index is 12.6. The van der Waals surface area contributed by atoms with Gasteiger partial charge >= 0.3 is 5.97 Å². The molecule has 0 aliphatic carbocycles. The number of halogens is 2. The molecule has 0 amide bonds. The first-order valence-corrected chi connectivity index (χ1v) is 4.53. The van der Waals surface area contributed by atoms with Crippen molar-refractivity contribution in [3.8, 4) is 0 Å². The van der Waals surface area contributed by atoms with E-state index < -0.39 is 17.8 Å². The Morgan fingerprint density at radius 3 is 2.69 bits per heavy atom. The van der Waals surface area contributed by atoms with E-state index in [-0.39, 0.29) is 0 Å². The highest BCUT2D eigenvalue weighted by atomic mass is 127. The van der Waals surface area contributed by atoms with Gasteiger partial charge in [0.1, 0.15) is 11.9 Å². The monoisotopic (exact) mass is 295 g/mol. The zero-order valence-corrected chi connectivity index (χ0v) is 8.66. The average Bonchev–Trinajstić information content (AvgIpc) is 2.03. The molecule has 13 heavy (non-hydrogen) atoms. The molecule has 0 bridgehead atoms. The van der Waals surface area contributed by atoms with Crippen LogP contribution in [0, 0.1) is 9.39 Å². The fraction of sp³-hybridized carbons (Fsp3) is 0.125. The van der Waals surface area contributed by atoms with Crippen LogP contribution in [0.3, 0.4) is 0 Å². The van der Waals surface area contributed by atoms with E-state index in [1.807, 2.05) is 22.6 Å². The van der Waals surface area contributed by atoms with Crippen molar-refractivity contribution in [3.05, 3.63) is 33.1 Å². The molecule has 0 heterocycles. The van der Waals surface area contributed by atoms with Crippen LogP contribution in [0.5, 0.6) is 0 Å². The van der Waals surface area contributed by atoms with Crippen LogP contribution >= 0.6 is 22.6 Å². The Labute approximate surface area is 87.9 Å². The first-order valence-electron chi connectivity index (χ1n) is 3.45. The minimum absolute atomic E-state index is 0.397. The molecule has 0 saturated carbocycles. The Balaban J connectivity index is 3.08. The molecule has 0 aliphatic heterocycles. The summed E-state index contributed by atoms with van der Waals surface area (Å²) in [5, 5.41) is 8.61. The van der Waals surface area contributed by atoms with E-state index in [9.17, 15) is 9.18 Å². The number of carboxylic acid groups (broad SMARTS) is 1. The number of rotatable bonds is 2. The molecule has 0 aliphatic rings. The van der Waals surface area contributed by atoms with Crippen LogP contribution in [0.1, 0.15) is 11.6 Å². The fourth-order valence-electron chi connectivity index (χ4n) is 0.887. The van der Waals surface area contributed by atoms with Crippen molar-refractivity contribution in [1.29, 1.82) is 0 Å². The molecule has 1 unspecified atom stereocenters. The molecule has 3 nitrogen and oxygen atoms in total. The summed E-state index contributed by atoms with van der Waals surface area (Å²) in [5.41, 5.74) is 5.79. The van der Waals surface area contributed by atoms with Crippen LogP contribution in [-0.2, 0) is 4.79 Å². The molecule has 1 aromatic rings. The van der Waals surface area contributed by atoms with Crippen molar-refractivity contribution in [1.82, 2.24) is 0 Å². The second-order valence-electron chi connectivity index (χ2n) is 2.48. The number of aliphatic carboxylic acids is 1. The van der Waals surface area contributed by atoms with Crippen LogP contribution in [0.15, 0.2) is 18.2 Å². The zero-order valence-electron chi connectivity index (χ0n) is 6.50. The van der Waals surface area contributed by atoms with Gasteiger partial charge in [-0.05, 0) is 40.3 Å². The van der Waals surface area contributed by atoms with Crippen molar-refractivity contribution < 1.29 is 14.3 Å². The molecule has 70 valence electrons. The third kappa shape index (κ3) is 2.38. The smallest absolute Gasteiger partial charge is 0.325 e. The van der Waals surface area contributed by atoms with E-state index >= 15 is 0 Å². The van der Waals surface area contributed by atoms with Gasteiger partial charge in [0.15, 0.2) is 0 Å². The van der Waals surface area contributed by atoms with Crippen molar-refractivity contribution >= 4 is 28.6 Å². The number of nitrogens with two attached hydrogens (primary N) is 1. The van der Waals surface area contributed by atoms with Gasteiger partial charge in [-0.3, -0.25) is 4.79 Å². The molecule has 1 atom stereocenters. The van der Waals surface area contributed by atoms with E-state index in [0.29, 0.717) is 9.13 Å². The lowest BCUT2D eigenvalue weighted by Crippen LogP contribution is -2.21. The second kappa shape index (κ2) is 4.01. The topological polar surface area (TPSA) is 63.3 Å². The third-order valence-electron chi connectivity index (χ3n) is 1.56. The van der Waals surface area contributed by atoms with Gasteiger partial charge in [-0.15, -0.1) is 0 Å². The van der Waals surface area contributed by atoms with Crippen LogP contribution in [-0.4, -0.2) is 11.1 Å². The minimum atomic E-state index is -1.12. The van der Waals surface area contributed by atoms with E-state index in [1.54, 1.807) is 0 Å². The SMILES string of the molecule is NC(C(=O)O)c1ccc(F)cc1I. The molecule has 0 radical (unpaired) electrons. The lowest BCUT2D eigenvalue weighted by molar-refractivity contribution is -0.138. The molecule has 1 rings (SSSR count). The number of benzene rings is 1. The normalized spacial score (nSPS) is 12.5. The highest BCUT2D eigenvalue weighted by Gasteiger charge is 2.16. The maximum Gasteiger partial charge on any atom is 0.325 e. The predicted molar refractivity (Wildman–Crippen MR) is 53.7 cm³/mol. The van der Waals surface area contributed by atoms with Crippen molar-refractivity contribution in [3.63, 3.8) is 0 Å². The Morgan fingerprint density at radius 1 is 1.62 bits per heavy atom. The van der Waals surface area contributed by atoms with E-state index in [1.165, 1.54) is 18.2 Å². The number of hydrogen-bond donors (Lipinski definition) is 2. The van der Waals surface area contributed by atoms with E-state index in [4.69, 9.17) is 10.8 Å². The number of carboxylic acids is 1. The molecule has 0 aromatic heterocycles. The van der Waals surface area contributed by atoms with Crippen LogP contribution in [0.2, 0.25) is 0 Å². The van der Waals surface area contributed by atoms with Crippen LogP contribution in [0.25, 0.3) is 0 Å². The molecule has 3 N–H and O–H groups in total. The van der Waals surface area contributed by atoms with Gasteiger partial charge in [-0.1, -0.05) is 6.07 Å². The summed E-state index contributed by atoms with van der Waals surface area (Å²) in [6, 6.07) is 2.74. The summed E-state index contributed by atoms with van der Waals surface area (Å²) in [5.74, 6) is -1.52. The molecular weight excluding hydrogens is 288 g/mol. The summed E-state index contributed by atoms with van der Waals surface area (Å²) in [6.45, 7) is 0. The highest BCUT2D eigenvalue weighted by molar-refractivity contribution is 14.1. The Hall–Kier alpha value is -0.690. The lowest BCUT2D eigenvalue weighted by Gasteiger charge is -2.08. The van der Waals surface area contributed by atoms with Crippen LogP contribution in [0.4, 0.5) is 4.39 Å². The van der Waals surface area contributed by atoms with Crippen molar-refractivity contribution in [2.75, 3.05) is 0 Å². The van der Waals surface area contributed by atoms with Crippen molar-refractivity contribution in [2.45, 2.75) is 6.04 Å². The van der Waals surface area contributed by atoms with Gasteiger partial charge < -0.3 is 10.8 Å². The summed E-state index contributed by atoms with van der Waals surface area (Å²) >= 11 is 1.85. The van der Waals surface area contributed by atoms with Gasteiger partial charge in [-0.25, -0.2) is 4.39 Å². The highest BCUT2D eigenvalue weighted by Crippen LogP contribution is 2.19. The van der Waals surface area contributed by atoms with Crippen LogP contribution < -0.4 is 5.73 Å². The Morgan fingerprint density at radius 2 is 2.23 bits per heavy atom. The number of carbonyl (C=O) groups is 1. The van der Waals surface area contributed by atoms with Gasteiger partial charge in [0, 0.05) is 3.57 Å². The summed E-state index contributed by atoms with van der Waals surface area (Å²) < 4.78 is 13.1. The molecule has 0 spiro atoms. The predicted octanol–water partition coefficient (Wildman–Crippen LogP) is 1.51. The van der Waals surface area contributed by atoms with E-state index in [0.717, 1.165) is 0 Å². The maximum absolute atomic E-state index is 12.6. The quantitative estimate of drug-likeness (QED) is 0.813. The largest absolute Gasteiger partial charge is 0.480 e. The molecule has 0 fully saturated rings. The fourth-order valence-corrected chi connectivity index (χ4v) is 1.70. The van der Waals surface area contributed by atoms with E-state index in [2.05, 4.69) is 0 Å². The molecule has 1 aromatic carbocycles. The Bertz CT molecular complexity index is 343. The molecular formula is C8H7FINO2. The van der Waals surface area contributed by atoms with Gasteiger partial charge in [0.05, 0.1) is 0 Å². The Kier molecular flexibility index (Phi) is 3.21. The van der Waals surface area contributed by atoms with Gasteiger partial charge in [0.2, 0.25) is 0 Å². The lowest BCUT2D eigenvalue weighted by atomic mass is 10.1. The third-order valence-corrected chi connectivity index (χ3v) is 2.50. The zero-order chi connectivity index (χ0) is 10.0. The van der Waals surface area contributed by atoms with Gasteiger partial charge in [0.25, 0.3) is 0 Å². The first kappa shape index (κ1) is 10.4. The van der Waals surface area contributed by atoms with Gasteiger partial charge in [-0.2, -0.15) is 0 Å². The number of hydrogen-bond acceptors (Lipinski definition) is 2. The summed E-state index contributed by atoms with van der Waals surface area (Å²) in [6.07, 6.45) is 0. The molecule has 0 saturated heterocycles. The average molecular weight is 295 g/mol. The minimum Gasteiger partial charge on any atom is -0.480 e. The molecule has 5 heteroatoms. The summed E-state index contributed by atoms with van der Waals surface area (Å²) in [4.78, 5) is 10.5. The second-order valence-corrected chi connectivity index (χ2v) is 3.64. The van der Waals surface area contributed by atoms with Crippen molar-refractivity contribution in [2.24, 2.45) is 5.73 Å². The first-order chi connectivity index (χ1) is 6.02. The summed E-state index contributed by atoms with van der Waals surface area (Å²) in [7, 11) is 0.